The van der Waals surface area contributed by atoms with Crippen molar-refractivity contribution < 1.29 is 9.94 Å². The van der Waals surface area contributed by atoms with Crippen LogP contribution in [0.3, 0.4) is 0 Å². The van der Waals surface area contributed by atoms with Gasteiger partial charge in [-0.1, -0.05) is 16.8 Å². The predicted octanol–water partition coefficient (Wildman–Crippen LogP) is 3.06. The lowest BCUT2D eigenvalue weighted by Crippen LogP contribution is -2.16. The van der Waals surface area contributed by atoms with Crippen LogP contribution in [0.4, 0.5) is 0 Å². The zero-order valence-electron chi connectivity index (χ0n) is 7.13. The Morgan fingerprint density at radius 2 is 2.29 bits per heavy atom. The number of hydrogen-bond acceptors (Lipinski definition) is 3. The molecule has 0 aliphatic carbocycles. The summed E-state index contributed by atoms with van der Waals surface area (Å²) in [5, 5.41) is 12.6. The highest BCUT2D eigenvalue weighted by Crippen LogP contribution is 2.33. The van der Waals surface area contributed by atoms with Crippen molar-refractivity contribution in [2.75, 3.05) is 6.61 Å². The van der Waals surface area contributed by atoms with Gasteiger partial charge in [0.05, 0.1) is 17.3 Å². The van der Waals surface area contributed by atoms with Gasteiger partial charge in [-0.15, -0.1) is 0 Å². The highest BCUT2D eigenvalue weighted by molar-refractivity contribution is 9.10. The van der Waals surface area contributed by atoms with Gasteiger partial charge < -0.3 is 9.94 Å². The van der Waals surface area contributed by atoms with Gasteiger partial charge in [0.1, 0.15) is 5.75 Å². The largest absolute Gasteiger partial charge is 0.492 e. The van der Waals surface area contributed by atoms with Crippen LogP contribution in [0, 0.1) is 0 Å². The second-order valence-electron chi connectivity index (χ2n) is 2.91. The van der Waals surface area contributed by atoms with Crippen molar-refractivity contribution in [2.24, 2.45) is 5.16 Å². The van der Waals surface area contributed by atoms with Crippen LogP contribution in [0.15, 0.2) is 21.8 Å². The molecule has 0 bridgehead atoms. The first kappa shape index (κ1) is 9.80. The maximum atomic E-state index is 8.78. The van der Waals surface area contributed by atoms with Gasteiger partial charge in [0, 0.05) is 16.5 Å². The molecule has 5 heteroatoms. The molecule has 1 aliphatic rings. The molecule has 0 unspecified atom stereocenters. The zero-order chi connectivity index (χ0) is 10.1. The lowest BCUT2D eigenvalue weighted by Gasteiger charge is -2.18. The molecule has 1 N–H and O–H groups in total. The van der Waals surface area contributed by atoms with Gasteiger partial charge in [-0.05, 0) is 28.1 Å². The lowest BCUT2D eigenvalue weighted by molar-refractivity contribution is 0.298. The van der Waals surface area contributed by atoms with E-state index in [1.54, 1.807) is 12.1 Å². The van der Waals surface area contributed by atoms with E-state index in [4.69, 9.17) is 21.5 Å². The van der Waals surface area contributed by atoms with Crippen molar-refractivity contribution in [3.8, 4) is 5.75 Å². The highest BCUT2D eigenvalue weighted by atomic mass is 79.9. The molecule has 0 spiro atoms. The Labute approximate surface area is 94.4 Å². The Bertz CT molecular complexity index is 406. The number of hydrogen-bond donors (Lipinski definition) is 1. The molecule has 1 aromatic rings. The van der Waals surface area contributed by atoms with Crippen molar-refractivity contribution >= 4 is 33.2 Å². The molecule has 1 aliphatic heterocycles. The summed E-state index contributed by atoms with van der Waals surface area (Å²) in [6, 6.07) is 3.51. The summed E-state index contributed by atoms with van der Waals surface area (Å²) in [4.78, 5) is 0. The molecule has 0 amide bonds. The quantitative estimate of drug-likeness (QED) is 0.584. The van der Waals surface area contributed by atoms with E-state index in [-0.39, 0.29) is 0 Å². The molecule has 0 atom stereocenters. The van der Waals surface area contributed by atoms with Gasteiger partial charge in [-0.25, -0.2) is 0 Å². The Morgan fingerprint density at radius 1 is 1.50 bits per heavy atom. The Morgan fingerprint density at radius 3 is 3.00 bits per heavy atom. The smallest absolute Gasteiger partial charge is 0.129 e. The number of nitrogens with zero attached hydrogens (tertiary/aromatic N) is 1. The minimum atomic E-state index is 0.528. The SMILES string of the molecule is O/N=C1/CCOc2cc(Br)c(Cl)cc21. The molecule has 0 saturated heterocycles. The molecule has 1 heterocycles. The van der Waals surface area contributed by atoms with E-state index < -0.39 is 0 Å². The molecule has 2 rings (SSSR count). The molecule has 1 aromatic carbocycles. The Kier molecular flexibility index (Phi) is 2.65. The minimum Gasteiger partial charge on any atom is -0.492 e. The fraction of sp³-hybridized carbons (Fsp3) is 0.222. The standard InChI is InChI=1S/C9H7BrClNO2/c10-6-4-9-5(3-7(6)11)8(12-13)1-2-14-9/h3-4,13H,1-2H2/b12-8-. The summed E-state index contributed by atoms with van der Waals surface area (Å²) in [6.07, 6.45) is 0.599. The maximum Gasteiger partial charge on any atom is 0.129 e. The monoisotopic (exact) mass is 275 g/mol. The summed E-state index contributed by atoms with van der Waals surface area (Å²) in [7, 11) is 0. The second kappa shape index (κ2) is 3.79. The fourth-order valence-electron chi connectivity index (χ4n) is 1.37. The van der Waals surface area contributed by atoms with Crippen LogP contribution in [-0.4, -0.2) is 17.5 Å². The van der Waals surface area contributed by atoms with E-state index in [1.807, 2.05) is 0 Å². The van der Waals surface area contributed by atoms with Crippen molar-refractivity contribution in [1.29, 1.82) is 0 Å². The number of oxime groups is 1. The van der Waals surface area contributed by atoms with Crippen LogP contribution in [0.25, 0.3) is 0 Å². The summed E-state index contributed by atoms with van der Waals surface area (Å²) in [5.74, 6) is 0.695. The normalized spacial score (nSPS) is 17.7. The number of benzene rings is 1. The van der Waals surface area contributed by atoms with Gasteiger partial charge >= 0.3 is 0 Å². The van der Waals surface area contributed by atoms with E-state index in [9.17, 15) is 0 Å². The third kappa shape index (κ3) is 1.60. The maximum absolute atomic E-state index is 8.78. The van der Waals surface area contributed by atoms with Crippen molar-refractivity contribution in [2.45, 2.75) is 6.42 Å². The number of rotatable bonds is 0. The van der Waals surface area contributed by atoms with Gasteiger partial charge in [0.25, 0.3) is 0 Å². The number of ether oxygens (including phenoxy) is 1. The van der Waals surface area contributed by atoms with E-state index >= 15 is 0 Å². The van der Waals surface area contributed by atoms with E-state index in [0.717, 1.165) is 10.0 Å². The van der Waals surface area contributed by atoms with E-state index in [2.05, 4.69) is 21.1 Å². The van der Waals surface area contributed by atoms with Crippen LogP contribution in [0.2, 0.25) is 5.02 Å². The van der Waals surface area contributed by atoms with Gasteiger partial charge in [-0.2, -0.15) is 0 Å². The lowest BCUT2D eigenvalue weighted by atomic mass is 10.0. The van der Waals surface area contributed by atoms with Gasteiger partial charge in [-0.3, -0.25) is 0 Å². The fourth-order valence-corrected chi connectivity index (χ4v) is 1.86. The average Bonchev–Trinajstić information content (AvgIpc) is 2.19. The van der Waals surface area contributed by atoms with Gasteiger partial charge in [0.15, 0.2) is 0 Å². The van der Waals surface area contributed by atoms with Crippen LogP contribution >= 0.6 is 27.5 Å². The Balaban J connectivity index is 2.58. The molecular formula is C9H7BrClNO2. The molecule has 0 radical (unpaired) electrons. The molecular weight excluding hydrogens is 269 g/mol. The highest BCUT2D eigenvalue weighted by Gasteiger charge is 2.18. The first-order valence-electron chi connectivity index (χ1n) is 4.05. The second-order valence-corrected chi connectivity index (χ2v) is 4.17. The minimum absolute atomic E-state index is 0.528. The van der Waals surface area contributed by atoms with Crippen LogP contribution < -0.4 is 4.74 Å². The number of fused-ring (bicyclic) bond motifs is 1. The summed E-state index contributed by atoms with van der Waals surface area (Å²) in [5.41, 5.74) is 1.37. The van der Waals surface area contributed by atoms with Crippen molar-refractivity contribution in [1.82, 2.24) is 0 Å². The first-order valence-corrected chi connectivity index (χ1v) is 5.22. The molecule has 0 saturated carbocycles. The summed E-state index contributed by atoms with van der Waals surface area (Å²) < 4.78 is 6.19. The topological polar surface area (TPSA) is 41.8 Å². The van der Waals surface area contributed by atoms with Gasteiger partial charge in [0.2, 0.25) is 0 Å². The average molecular weight is 277 g/mol. The summed E-state index contributed by atoms with van der Waals surface area (Å²) >= 11 is 9.23. The first-order chi connectivity index (χ1) is 6.72. The summed E-state index contributed by atoms with van der Waals surface area (Å²) in [6.45, 7) is 0.528. The third-order valence-corrected chi connectivity index (χ3v) is 3.25. The molecule has 14 heavy (non-hydrogen) atoms. The van der Waals surface area contributed by atoms with E-state index in [1.165, 1.54) is 0 Å². The van der Waals surface area contributed by atoms with Crippen LogP contribution in [-0.2, 0) is 0 Å². The third-order valence-electron chi connectivity index (χ3n) is 2.05. The molecule has 0 fully saturated rings. The van der Waals surface area contributed by atoms with E-state index in [0.29, 0.717) is 29.5 Å². The Hall–Kier alpha value is -0.740. The van der Waals surface area contributed by atoms with Crippen LogP contribution in [0.5, 0.6) is 5.75 Å². The zero-order valence-corrected chi connectivity index (χ0v) is 9.47. The van der Waals surface area contributed by atoms with Crippen molar-refractivity contribution in [3.05, 3.63) is 27.2 Å². The molecule has 74 valence electrons. The van der Waals surface area contributed by atoms with Crippen molar-refractivity contribution in [3.63, 3.8) is 0 Å². The predicted molar refractivity (Wildman–Crippen MR) is 57.6 cm³/mol. The number of halogens is 2. The van der Waals surface area contributed by atoms with Crippen LogP contribution in [0.1, 0.15) is 12.0 Å². The molecule has 3 nitrogen and oxygen atoms in total. The molecule has 0 aromatic heterocycles.